The van der Waals surface area contributed by atoms with Gasteiger partial charge in [0.1, 0.15) is 0 Å². The maximum atomic E-state index is 10.2. The van der Waals surface area contributed by atoms with Crippen molar-refractivity contribution in [2.75, 3.05) is 26.7 Å². The van der Waals surface area contributed by atoms with Gasteiger partial charge in [0.05, 0.1) is 0 Å². The van der Waals surface area contributed by atoms with Gasteiger partial charge >= 0.3 is 0 Å². The fraction of sp³-hybridized carbons (Fsp3) is 0.571. The zero-order valence-electron chi connectivity index (χ0n) is 6.59. The number of rotatable bonds is 5. The molecule has 0 amide bonds. The molecule has 3 nitrogen and oxygen atoms in total. The Bertz CT molecular complexity index is 147. The summed E-state index contributed by atoms with van der Waals surface area (Å²) >= 11 is 5.07. The van der Waals surface area contributed by atoms with Crippen molar-refractivity contribution < 1.29 is 4.79 Å². The summed E-state index contributed by atoms with van der Waals surface area (Å²) in [5, 5.41) is -0.439. The third-order valence-electron chi connectivity index (χ3n) is 1.18. The van der Waals surface area contributed by atoms with Crippen LogP contribution in [0, 0.1) is 0 Å². The molecule has 0 aliphatic carbocycles. The maximum absolute atomic E-state index is 10.2. The van der Waals surface area contributed by atoms with Crippen molar-refractivity contribution in [1.82, 2.24) is 4.90 Å². The summed E-state index contributed by atoms with van der Waals surface area (Å²) in [5.41, 5.74) is 5.30. The summed E-state index contributed by atoms with van der Waals surface area (Å²) in [6.07, 6.45) is 3.06. The Morgan fingerprint density at radius 1 is 1.73 bits per heavy atom. The van der Waals surface area contributed by atoms with Gasteiger partial charge in [0.15, 0.2) is 0 Å². The summed E-state index contributed by atoms with van der Waals surface area (Å²) in [7, 11) is 1.93. The van der Waals surface area contributed by atoms with E-state index in [-0.39, 0.29) is 0 Å². The van der Waals surface area contributed by atoms with Crippen LogP contribution in [0.25, 0.3) is 0 Å². The Morgan fingerprint density at radius 3 is 2.82 bits per heavy atom. The van der Waals surface area contributed by atoms with Gasteiger partial charge in [-0.3, -0.25) is 4.79 Å². The Kier molecular flexibility index (Phi) is 6.12. The smallest absolute Gasteiger partial charge is 0.244 e. The molecule has 4 heteroatoms. The van der Waals surface area contributed by atoms with E-state index in [2.05, 4.69) is 0 Å². The SMILES string of the molecule is CN(C/C=C/C(=O)Cl)CCN. The maximum Gasteiger partial charge on any atom is 0.244 e. The van der Waals surface area contributed by atoms with Gasteiger partial charge in [0.25, 0.3) is 0 Å². The van der Waals surface area contributed by atoms with Crippen LogP contribution in [-0.4, -0.2) is 36.8 Å². The first kappa shape index (κ1) is 10.6. The predicted molar refractivity (Wildman–Crippen MR) is 46.6 cm³/mol. The molecule has 64 valence electrons. The van der Waals surface area contributed by atoms with E-state index in [1.807, 2.05) is 11.9 Å². The number of halogens is 1. The molecule has 0 saturated carbocycles. The van der Waals surface area contributed by atoms with Crippen molar-refractivity contribution in [3.63, 3.8) is 0 Å². The second kappa shape index (κ2) is 6.34. The highest BCUT2D eigenvalue weighted by atomic mass is 35.5. The molecule has 0 fully saturated rings. The number of allylic oxidation sites excluding steroid dienone is 1. The molecule has 0 atom stereocenters. The zero-order valence-corrected chi connectivity index (χ0v) is 7.34. The predicted octanol–water partition coefficient (Wildman–Crippen LogP) is 0.199. The summed E-state index contributed by atoms with van der Waals surface area (Å²) in [5.74, 6) is 0. The van der Waals surface area contributed by atoms with Crippen molar-refractivity contribution in [2.24, 2.45) is 5.73 Å². The largest absolute Gasteiger partial charge is 0.329 e. The van der Waals surface area contributed by atoms with Crippen LogP contribution in [0.15, 0.2) is 12.2 Å². The minimum absolute atomic E-state index is 0.439. The molecule has 0 aromatic carbocycles. The van der Waals surface area contributed by atoms with Crippen LogP contribution in [0.5, 0.6) is 0 Å². The average molecular weight is 177 g/mol. The molecular weight excluding hydrogens is 164 g/mol. The van der Waals surface area contributed by atoms with Crippen molar-refractivity contribution in [1.29, 1.82) is 0 Å². The highest BCUT2D eigenvalue weighted by Gasteiger charge is 1.91. The van der Waals surface area contributed by atoms with Crippen molar-refractivity contribution in [2.45, 2.75) is 0 Å². The van der Waals surface area contributed by atoms with Crippen LogP contribution >= 0.6 is 11.6 Å². The third-order valence-corrected chi connectivity index (χ3v) is 1.30. The van der Waals surface area contributed by atoms with E-state index in [9.17, 15) is 4.79 Å². The Morgan fingerprint density at radius 2 is 2.36 bits per heavy atom. The van der Waals surface area contributed by atoms with Gasteiger partial charge in [0.2, 0.25) is 5.24 Å². The molecule has 0 radical (unpaired) electrons. The van der Waals surface area contributed by atoms with Gasteiger partial charge in [-0.15, -0.1) is 0 Å². The minimum atomic E-state index is -0.439. The van der Waals surface area contributed by atoms with Gasteiger partial charge in [-0.25, -0.2) is 0 Å². The summed E-state index contributed by atoms with van der Waals surface area (Å²) in [6.45, 7) is 2.15. The number of hydrogen-bond donors (Lipinski definition) is 1. The Hall–Kier alpha value is -0.380. The van der Waals surface area contributed by atoms with Crippen molar-refractivity contribution in [3.05, 3.63) is 12.2 Å². The van der Waals surface area contributed by atoms with Crippen LogP contribution in [0.3, 0.4) is 0 Å². The molecule has 2 N–H and O–H groups in total. The topological polar surface area (TPSA) is 46.3 Å². The molecule has 0 unspecified atom stereocenters. The second-order valence-electron chi connectivity index (χ2n) is 2.26. The van der Waals surface area contributed by atoms with Crippen LogP contribution in [0.4, 0.5) is 0 Å². The first-order chi connectivity index (χ1) is 5.16. The number of hydrogen-bond acceptors (Lipinski definition) is 3. The van der Waals surface area contributed by atoms with Gasteiger partial charge in [-0.05, 0) is 24.7 Å². The number of carbonyl (C=O) groups is 1. The molecule has 0 rings (SSSR count). The summed E-state index contributed by atoms with van der Waals surface area (Å²) < 4.78 is 0. The van der Waals surface area contributed by atoms with Gasteiger partial charge < -0.3 is 10.6 Å². The lowest BCUT2D eigenvalue weighted by atomic mass is 10.4. The fourth-order valence-corrected chi connectivity index (χ4v) is 0.726. The van der Waals surface area contributed by atoms with E-state index in [0.29, 0.717) is 13.1 Å². The van der Waals surface area contributed by atoms with E-state index in [1.165, 1.54) is 6.08 Å². The van der Waals surface area contributed by atoms with Crippen LogP contribution in [0.2, 0.25) is 0 Å². The molecule has 11 heavy (non-hydrogen) atoms. The summed E-state index contributed by atoms with van der Waals surface area (Å²) in [4.78, 5) is 12.2. The first-order valence-electron chi connectivity index (χ1n) is 3.41. The van der Waals surface area contributed by atoms with E-state index >= 15 is 0 Å². The first-order valence-corrected chi connectivity index (χ1v) is 3.79. The summed E-state index contributed by atoms with van der Waals surface area (Å²) in [6, 6.07) is 0. The second-order valence-corrected chi connectivity index (χ2v) is 2.63. The van der Waals surface area contributed by atoms with Crippen molar-refractivity contribution in [3.8, 4) is 0 Å². The Balaban J connectivity index is 3.44. The molecule has 0 saturated heterocycles. The lowest BCUT2D eigenvalue weighted by Crippen LogP contribution is -2.25. The molecule has 0 bridgehead atoms. The molecule has 0 aliphatic rings. The van der Waals surface area contributed by atoms with E-state index in [0.717, 1.165) is 6.54 Å². The van der Waals surface area contributed by atoms with E-state index in [4.69, 9.17) is 17.3 Å². The molecule has 0 heterocycles. The minimum Gasteiger partial charge on any atom is -0.329 e. The normalized spacial score (nSPS) is 11.3. The van der Waals surface area contributed by atoms with Gasteiger partial charge in [-0.2, -0.15) is 0 Å². The monoisotopic (exact) mass is 176 g/mol. The van der Waals surface area contributed by atoms with Crippen LogP contribution in [0.1, 0.15) is 0 Å². The number of carbonyl (C=O) groups excluding carboxylic acids is 1. The number of likely N-dealkylation sites (N-methyl/N-ethyl adjacent to an activating group) is 1. The van der Waals surface area contributed by atoms with Crippen LogP contribution in [-0.2, 0) is 4.79 Å². The van der Waals surface area contributed by atoms with Gasteiger partial charge in [0, 0.05) is 19.6 Å². The fourth-order valence-electron chi connectivity index (χ4n) is 0.637. The number of nitrogens with zero attached hydrogens (tertiary/aromatic N) is 1. The van der Waals surface area contributed by atoms with Gasteiger partial charge in [-0.1, -0.05) is 6.08 Å². The Labute approximate surface area is 71.8 Å². The molecule has 0 spiro atoms. The van der Waals surface area contributed by atoms with E-state index in [1.54, 1.807) is 6.08 Å². The van der Waals surface area contributed by atoms with E-state index < -0.39 is 5.24 Å². The van der Waals surface area contributed by atoms with Crippen molar-refractivity contribution >= 4 is 16.8 Å². The quantitative estimate of drug-likeness (QED) is 0.481. The molecular formula is C7H13ClN2O. The standard InChI is InChI=1S/C7H13ClN2O/c1-10(6-4-9)5-2-3-7(8)11/h2-3H,4-6,9H2,1H3/b3-2+. The third kappa shape index (κ3) is 7.52. The highest BCUT2D eigenvalue weighted by molar-refractivity contribution is 6.66. The lowest BCUT2D eigenvalue weighted by Gasteiger charge is -2.11. The molecule has 0 aromatic heterocycles. The molecule has 0 aromatic rings. The van der Waals surface area contributed by atoms with Crippen LogP contribution < -0.4 is 5.73 Å². The molecule has 0 aliphatic heterocycles. The average Bonchev–Trinajstić information content (AvgIpc) is 1.87. The number of nitrogens with two attached hydrogens (primary N) is 1. The zero-order chi connectivity index (χ0) is 8.69. The highest BCUT2D eigenvalue weighted by Crippen LogP contribution is 1.85. The lowest BCUT2D eigenvalue weighted by molar-refractivity contribution is -0.107.